The van der Waals surface area contributed by atoms with Crippen LogP contribution in [0.25, 0.3) is 17.1 Å². The van der Waals surface area contributed by atoms with Gasteiger partial charge in [-0.05, 0) is 90.4 Å². The summed E-state index contributed by atoms with van der Waals surface area (Å²) in [6.45, 7) is 5.58. The molecular formula is C24H31N7O2. The Morgan fingerprint density at radius 3 is 2.39 bits per heavy atom. The molecular weight excluding hydrogens is 418 g/mol. The van der Waals surface area contributed by atoms with Gasteiger partial charge in [0.2, 0.25) is 5.91 Å². The van der Waals surface area contributed by atoms with Crippen molar-refractivity contribution in [2.75, 3.05) is 46.2 Å². The number of pyridine rings is 1. The second-order valence-electron chi connectivity index (χ2n) is 9.09. The SMILES string of the molecule is Cc1cc2c(cc1C)-n1c(nn(CCCN(C)C)c1=O)-c1cccnc1N2C(=O)CN(C)C. The van der Waals surface area contributed by atoms with Gasteiger partial charge in [-0.3, -0.25) is 9.69 Å². The molecule has 0 saturated heterocycles. The van der Waals surface area contributed by atoms with Gasteiger partial charge in [0.1, 0.15) is 0 Å². The topological polar surface area (TPSA) is 79.5 Å². The number of rotatable bonds is 6. The zero-order valence-corrected chi connectivity index (χ0v) is 20.2. The maximum Gasteiger partial charge on any atom is 0.350 e. The molecule has 0 unspecified atom stereocenters. The van der Waals surface area contributed by atoms with Crippen molar-refractivity contribution in [2.45, 2.75) is 26.8 Å². The number of hydrogen-bond donors (Lipinski definition) is 0. The number of hydrogen-bond acceptors (Lipinski definition) is 6. The lowest BCUT2D eigenvalue weighted by molar-refractivity contribution is -0.118. The van der Waals surface area contributed by atoms with E-state index in [1.165, 1.54) is 4.68 Å². The quantitative estimate of drug-likeness (QED) is 0.574. The smallest absolute Gasteiger partial charge is 0.309 e. The average Bonchev–Trinajstić information content (AvgIpc) is 3.00. The minimum Gasteiger partial charge on any atom is -0.309 e. The first-order valence-electron chi connectivity index (χ1n) is 11.1. The number of carbonyl (C=O) groups excluding carboxylic acids is 1. The van der Waals surface area contributed by atoms with Crippen LogP contribution in [0, 0.1) is 13.8 Å². The molecule has 9 heteroatoms. The zero-order chi connectivity index (χ0) is 23.9. The highest BCUT2D eigenvalue weighted by molar-refractivity contribution is 6.06. The lowest BCUT2D eigenvalue weighted by atomic mass is 10.1. The highest BCUT2D eigenvalue weighted by Crippen LogP contribution is 2.41. The van der Waals surface area contributed by atoms with Crippen molar-refractivity contribution >= 4 is 17.4 Å². The minimum atomic E-state index is -0.218. The number of anilines is 2. The third-order valence-corrected chi connectivity index (χ3v) is 5.83. The Bertz CT molecular complexity index is 1260. The molecule has 0 N–H and O–H groups in total. The summed E-state index contributed by atoms with van der Waals surface area (Å²) in [5, 5.41) is 4.71. The fourth-order valence-corrected chi connectivity index (χ4v) is 4.08. The average molecular weight is 450 g/mol. The zero-order valence-electron chi connectivity index (χ0n) is 20.2. The van der Waals surface area contributed by atoms with E-state index in [0.717, 1.165) is 24.1 Å². The van der Waals surface area contributed by atoms with E-state index < -0.39 is 0 Å². The van der Waals surface area contributed by atoms with E-state index in [1.807, 2.05) is 65.1 Å². The van der Waals surface area contributed by atoms with E-state index in [4.69, 9.17) is 5.10 Å². The number of amides is 1. The summed E-state index contributed by atoms with van der Waals surface area (Å²) in [5.74, 6) is 0.858. The van der Waals surface area contributed by atoms with Crippen LogP contribution in [0.3, 0.4) is 0 Å². The maximum absolute atomic E-state index is 13.6. The predicted octanol–water partition coefficient (Wildman–Crippen LogP) is 2.20. The lowest BCUT2D eigenvalue weighted by Crippen LogP contribution is -2.36. The van der Waals surface area contributed by atoms with Gasteiger partial charge in [-0.1, -0.05) is 0 Å². The summed E-state index contributed by atoms with van der Waals surface area (Å²) in [5.41, 5.74) is 3.78. The van der Waals surface area contributed by atoms with Crippen LogP contribution in [0.4, 0.5) is 11.5 Å². The van der Waals surface area contributed by atoms with Crippen molar-refractivity contribution in [3.05, 3.63) is 52.1 Å². The molecule has 0 aliphatic carbocycles. The Morgan fingerprint density at radius 2 is 1.73 bits per heavy atom. The monoisotopic (exact) mass is 449 g/mol. The third kappa shape index (κ3) is 4.21. The second-order valence-corrected chi connectivity index (χ2v) is 9.09. The molecule has 1 aliphatic rings. The van der Waals surface area contributed by atoms with Gasteiger partial charge in [0.25, 0.3) is 0 Å². The summed E-state index contributed by atoms with van der Waals surface area (Å²) >= 11 is 0. The van der Waals surface area contributed by atoms with Crippen molar-refractivity contribution in [3.63, 3.8) is 0 Å². The van der Waals surface area contributed by atoms with Crippen LogP contribution in [0.15, 0.2) is 35.3 Å². The van der Waals surface area contributed by atoms with Gasteiger partial charge in [0, 0.05) is 12.7 Å². The summed E-state index contributed by atoms with van der Waals surface area (Å²) in [6.07, 6.45) is 2.47. The van der Waals surface area contributed by atoms with E-state index >= 15 is 0 Å². The fourth-order valence-electron chi connectivity index (χ4n) is 4.08. The van der Waals surface area contributed by atoms with E-state index in [1.54, 1.807) is 21.7 Å². The molecule has 174 valence electrons. The molecule has 0 atom stereocenters. The summed E-state index contributed by atoms with van der Waals surface area (Å²) in [6, 6.07) is 7.59. The molecule has 0 saturated carbocycles. The Balaban J connectivity index is 1.98. The van der Waals surface area contributed by atoms with Crippen molar-refractivity contribution < 1.29 is 4.79 Å². The molecule has 1 amide bonds. The number of carbonyl (C=O) groups is 1. The molecule has 2 aromatic heterocycles. The van der Waals surface area contributed by atoms with Crippen LogP contribution < -0.4 is 10.6 Å². The van der Waals surface area contributed by atoms with Gasteiger partial charge in [-0.15, -0.1) is 5.10 Å². The first-order valence-corrected chi connectivity index (χ1v) is 11.1. The van der Waals surface area contributed by atoms with E-state index in [9.17, 15) is 9.59 Å². The summed E-state index contributed by atoms with van der Waals surface area (Å²) < 4.78 is 3.15. The number of aryl methyl sites for hydroxylation is 3. The Kier molecular flexibility index (Phi) is 6.18. The van der Waals surface area contributed by atoms with Crippen molar-refractivity contribution in [1.82, 2.24) is 29.1 Å². The van der Waals surface area contributed by atoms with E-state index in [2.05, 4.69) is 9.88 Å². The molecule has 0 radical (unpaired) electrons. The van der Waals surface area contributed by atoms with Crippen molar-refractivity contribution in [3.8, 4) is 17.1 Å². The standard InChI is InChI=1S/C24H31N7O2/c1-16-13-19-20(14-17(16)2)31-23(26-29(24(31)33)12-8-11-27(3)4)18-9-7-10-25-22(18)30(19)21(32)15-28(5)6/h7,9-10,13-14H,8,11-12,15H2,1-6H3. The first kappa shape index (κ1) is 22.9. The largest absolute Gasteiger partial charge is 0.350 e. The Morgan fingerprint density at radius 1 is 1.03 bits per heavy atom. The second kappa shape index (κ2) is 8.92. The third-order valence-electron chi connectivity index (χ3n) is 5.83. The number of fused-ring (bicyclic) bond motifs is 5. The van der Waals surface area contributed by atoms with Gasteiger partial charge < -0.3 is 9.80 Å². The fraction of sp³-hybridized carbons (Fsp3) is 0.417. The normalized spacial score (nSPS) is 12.5. The Labute approximate surface area is 193 Å². The number of benzene rings is 1. The van der Waals surface area contributed by atoms with Crippen molar-refractivity contribution in [1.29, 1.82) is 0 Å². The number of nitrogens with zero attached hydrogens (tertiary/aromatic N) is 7. The number of aromatic nitrogens is 4. The van der Waals surface area contributed by atoms with Crippen LogP contribution in [0.1, 0.15) is 17.5 Å². The summed E-state index contributed by atoms with van der Waals surface area (Å²) in [7, 11) is 7.73. The van der Waals surface area contributed by atoms with Crippen LogP contribution in [-0.2, 0) is 11.3 Å². The molecule has 0 bridgehead atoms. The first-order chi connectivity index (χ1) is 15.7. The highest BCUT2D eigenvalue weighted by Gasteiger charge is 2.33. The van der Waals surface area contributed by atoms with Crippen LogP contribution in [0.2, 0.25) is 0 Å². The van der Waals surface area contributed by atoms with Gasteiger partial charge in [-0.25, -0.2) is 19.0 Å². The number of likely N-dealkylation sites (N-methyl/N-ethyl adjacent to an activating group) is 1. The minimum absolute atomic E-state index is 0.124. The summed E-state index contributed by atoms with van der Waals surface area (Å²) in [4.78, 5) is 37.1. The van der Waals surface area contributed by atoms with Crippen molar-refractivity contribution in [2.24, 2.45) is 0 Å². The molecule has 0 spiro atoms. The molecule has 3 aromatic rings. The van der Waals surface area contributed by atoms with Crippen LogP contribution in [-0.4, -0.2) is 76.3 Å². The van der Waals surface area contributed by atoms with E-state index in [0.29, 0.717) is 35.1 Å². The molecule has 33 heavy (non-hydrogen) atoms. The molecule has 9 nitrogen and oxygen atoms in total. The predicted molar refractivity (Wildman–Crippen MR) is 129 cm³/mol. The molecule has 3 heterocycles. The maximum atomic E-state index is 13.6. The molecule has 0 fully saturated rings. The van der Waals surface area contributed by atoms with Gasteiger partial charge in [0.15, 0.2) is 11.6 Å². The van der Waals surface area contributed by atoms with Gasteiger partial charge in [-0.2, -0.15) is 0 Å². The highest BCUT2D eigenvalue weighted by atomic mass is 16.2. The van der Waals surface area contributed by atoms with Crippen LogP contribution >= 0.6 is 0 Å². The van der Waals surface area contributed by atoms with Crippen LogP contribution in [0.5, 0.6) is 0 Å². The van der Waals surface area contributed by atoms with Gasteiger partial charge >= 0.3 is 5.69 Å². The molecule has 1 aromatic carbocycles. The van der Waals surface area contributed by atoms with E-state index in [-0.39, 0.29) is 18.1 Å². The molecule has 4 rings (SSSR count). The Hall–Kier alpha value is -3.30. The lowest BCUT2D eigenvalue weighted by Gasteiger charge is -2.25. The van der Waals surface area contributed by atoms with Gasteiger partial charge in [0.05, 0.1) is 23.5 Å². The molecule has 1 aliphatic heterocycles.